The minimum absolute atomic E-state index is 0.0891. The molecule has 1 aliphatic heterocycles. The van der Waals surface area contributed by atoms with Gasteiger partial charge >= 0.3 is 0 Å². The van der Waals surface area contributed by atoms with Crippen LogP contribution in [0.3, 0.4) is 0 Å². The lowest BCUT2D eigenvalue weighted by Gasteiger charge is -2.22. The maximum absolute atomic E-state index is 12.9. The van der Waals surface area contributed by atoms with Crippen molar-refractivity contribution in [2.75, 3.05) is 23.3 Å². The van der Waals surface area contributed by atoms with Crippen LogP contribution in [-0.4, -0.2) is 35.7 Å². The third kappa shape index (κ3) is 3.58. The summed E-state index contributed by atoms with van der Waals surface area (Å²) in [5.41, 5.74) is 9.28. The number of carbonyl (C=O) groups excluding carboxylic acids is 3. The van der Waals surface area contributed by atoms with Gasteiger partial charge in [0.2, 0.25) is 5.91 Å². The van der Waals surface area contributed by atoms with Crippen LogP contribution in [0.4, 0.5) is 11.4 Å². The van der Waals surface area contributed by atoms with Crippen LogP contribution in [0.2, 0.25) is 0 Å². The zero-order chi connectivity index (χ0) is 19.7. The molecule has 1 saturated heterocycles. The lowest BCUT2D eigenvalue weighted by atomic mass is 10.1. The Hall–Kier alpha value is -3.09. The molecule has 0 bridgehead atoms. The fraction of sp³-hybridized carbons (Fsp3) is 0.350. The van der Waals surface area contributed by atoms with Gasteiger partial charge in [0.15, 0.2) is 5.78 Å². The molecule has 7 nitrogen and oxygen atoms in total. The average Bonchev–Trinajstić information content (AvgIpc) is 3.22. The van der Waals surface area contributed by atoms with E-state index in [0.29, 0.717) is 33.8 Å². The minimum atomic E-state index is -0.552. The van der Waals surface area contributed by atoms with Crippen molar-refractivity contribution >= 4 is 29.0 Å². The Labute approximate surface area is 157 Å². The topological polar surface area (TPSA) is 108 Å². The van der Waals surface area contributed by atoms with Gasteiger partial charge in [0.05, 0.1) is 11.4 Å². The summed E-state index contributed by atoms with van der Waals surface area (Å²) in [6.07, 6.45) is 2.17. The first-order valence-corrected chi connectivity index (χ1v) is 9.00. The molecule has 7 heteroatoms. The van der Waals surface area contributed by atoms with E-state index in [1.54, 1.807) is 26.0 Å². The van der Waals surface area contributed by atoms with E-state index in [0.717, 1.165) is 31.6 Å². The van der Waals surface area contributed by atoms with Crippen molar-refractivity contribution in [2.45, 2.75) is 33.6 Å². The highest BCUT2D eigenvalue weighted by atomic mass is 16.2. The first-order valence-electron chi connectivity index (χ1n) is 9.00. The molecule has 0 spiro atoms. The number of aromatic amines is 1. The Bertz CT molecular complexity index is 924. The van der Waals surface area contributed by atoms with Crippen molar-refractivity contribution in [3.05, 3.63) is 46.3 Å². The first kappa shape index (κ1) is 18.7. The van der Waals surface area contributed by atoms with Crippen LogP contribution >= 0.6 is 0 Å². The zero-order valence-corrected chi connectivity index (χ0v) is 15.8. The van der Waals surface area contributed by atoms with E-state index >= 15 is 0 Å². The molecular weight excluding hydrogens is 344 g/mol. The first-order chi connectivity index (χ1) is 12.8. The lowest BCUT2D eigenvalue weighted by Crippen LogP contribution is -2.22. The monoisotopic (exact) mass is 368 g/mol. The lowest BCUT2D eigenvalue weighted by molar-refractivity contribution is 0.0993. The number of amides is 2. The number of Topliss-reactive ketones (excluding diaryl/α,β-unsaturated/α-hetero) is 1. The molecule has 27 heavy (non-hydrogen) atoms. The van der Waals surface area contributed by atoms with Crippen LogP contribution < -0.4 is 16.0 Å². The van der Waals surface area contributed by atoms with Gasteiger partial charge in [0.1, 0.15) is 5.69 Å². The number of benzene rings is 1. The van der Waals surface area contributed by atoms with E-state index in [-0.39, 0.29) is 11.7 Å². The number of nitrogens with two attached hydrogens (primary N) is 1. The number of anilines is 2. The molecule has 2 heterocycles. The quantitative estimate of drug-likeness (QED) is 0.705. The van der Waals surface area contributed by atoms with Crippen LogP contribution in [0.25, 0.3) is 0 Å². The predicted molar refractivity (Wildman–Crippen MR) is 105 cm³/mol. The summed E-state index contributed by atoms with van der Waals surface area (Å²) in [7, 11) is 0. The van der Waals surface area contributed by atoms with Gasteiger partial charge in [-0.2, -0.15) is 0 Å². The van der Waals surface area contributed by atoms with Gasteiger partial charge in [0.25, 0.3) is 5.91 Å². The van der Waals surface area contributed by atoms with Crippen molar-refractivity contribution in [3.63, 3.8) is 0 Å². The van der Waals surface area contributed by atoms with Gasteiger partial charge in [-0.3, -0.25) is 14.4 Å². The van der Waals surface area contributed by atoms with Crippen LogP contribution in [-0.2, 0) is 0 Å². The summed E-state index contributed by atoms with van der Waals surface area (Å²) < 4.78 is 0. The number of hydrogen-bond acceptors (Lipinski definition) is 4. The van der Waals surface area contributed by atoms with Crippen LogP contribution in [0.15, 0.2) is 18.2 Å². The van der Waals surface area contributed by atoms with Gasteiger partial charge in [-0.05, 0) is 57.4 Å². The second-order valence-corrected chi connectivity index (χ2v) is 6.93. The van der Waals surface area contributed by atoms with E-state index in [1.807, 2.05) is 6.07 Å². The molecule has 0 unspecified atom stereocenters. The van der Waals surface area contributed by atoms with E-state index in [4.69, 9.17) is 5.73 Å². The molecule has 142 valence electrons. The average molecular weight is 368 g/mol. The summed E-state index contributed by atoms with van der Waals surface area (Å²) in [5, 5.41) is 2.89. The maximum atomic E-state index is 12.9. The van der Waals surface area contributed by atoms with E-state index in [1.165, 1.54) is 6.92 Å². The Kier molecular flexibility index (Phi) is 5.03. The van der Waals surface area contributed by atoms with E-state index < -0.39 is 5.91 Å². The Morgan fingerprint density at radius 1 is 1.15 bits per heavy atom. The molecular formula is C20H24N4O3. The smallest absolute Gasteiger partial charge is 0.272 e. The number of carbonyl (C=O) groups is 3. The zero-order valence-electron chi connectivity index (χ0n) is 15.8. The number of H-pyrrole nitrogens is 1. The number of nitrogens with one attached hydrogen (secondary N) is 2. The molecule has 2 amide bonds. The van der Waals surface area contributed by atoms with Gasteiger partial charge in [-0.15, -0.1) is 0 Å². The number of hydrogen-bond donors (Lipinski definition) is 3. The van der Waals surface area contributed by atoms with Crippen LogP contribution in [0.5, 0.6) is 0 Å². The second-order valence-electron chi connectivity index (χ2n) is 6.93. The van der Waals surface area contributed by atoms with Crippen LogP contribution in [0.1, 0.15) is 62.2 Å². The molecule has 2 aromatic rings. The molecule has 0 radical (unpaired) electrons. The minimum Gasteiger partial charge on any atom is -0.370 e. The Morgan fingerprint density at radius 2 is 1.81 bits per heavy atom. The summed E-state index contributed by atoms with van der Waals surface area (Å²) in [4.78, 5) is 41.5. The number of ketones is 1. The third-order valence-electron chi connectivity index (χ3n) is 4.99. The fourth-order valence-corrected chi connectivity index (χ4v) is 3.71. The highest BCUT2D eigenvalue weighted by Gasteiger charge is 2.22. The molecule has 0 aliphatic carbocycles. The highest BCUT2D eigenvalue weighted by Crippen LogP contribution is 2.31. The molecule has 0 saturated carbocycles. The number of rotatable bonds is 5. The largest absolute Gasteiger partial charge is 0.370 e. The molecule has 4 N–H and O–H groups in total. The Morgan fingerprint density at radius 3 is 2.37 bits per heavy atom. The second kappa shape index (κ2) is 7.26. The van der Waals surface area contributed by atoms with Crippen molar-refractivity contribution in [1.82, 2.24) is 4.98 Å². The predicted octanol–water partition coefficient (Wildman–Crippen LogP) is 2.79. The third-order valence-corrected chi connectivity index (χ3v) is 4.99. The number of aryl methyl sites for hydroxylation is 1. The summed E-state index contributed by atoms with van der Waals surface area (Å²) in [6, 6.07) is 5.09. The highest BCUT2D eigenvalue weighted by molar-refractivity contribution is 6.09. The van der Waals surface area contributed by atoms with E-state index in [2.05, 4.69) is 15.2 Å². The van der Waals surface area contributed by atoms with Crippen LogP contribution in [0, 0.1) is 13.8 Å². The number of primary amides is 1. The SMILES string of the molecule is CC(=O)c1c(C)[nH]c(C(=O)Nc2cc(C(N)=O)ccc2N2CCCC2)c1C. The van der Waals surface area contributed by atoms with Crippen molar-refractivity contribution in [2.24, 2.45) is 5.73 Å². The molecule has 1 aromatic heterocycles. The number of aromatic nitrogens is 1. The normalized spacial score (nSPS) is 13.7. The van der Waals surface area contributed by atoms with Crippen molar-refractivity contribution in [3.8, 4) is 0 Å². The van der Waals surface area contributed by atoms with Gasteiger partial charge in [-0.25, -0.2) is 0 Å². The standard InChI is InChI=1S/C20H24N4O3/c1-11-17(13(3)25)12(2)22-18(11)20(27)23-15-10-14(19(21)26)6-7-16(15)24-8-4-5-9-24/h6-7,10,22H,4-5,8-9H2,1-3H3,(H2,21,26)(H,23,27). The summed E-state index contributed by atoms with van der Waals surface area (Å²) in [5.74, 6) is -0.997. The van der Waals surface area contributed by atoms with Gasteiger partial charge < -0.3 is 20.9 Å². The fourth-order valence-electron chi connectivity index (χ4n) is 3.71. The number of nitrogens with zero attached hydrogens (tertiary/aromatic N) is 1. The van der Waals surface area contributed by atoms with Crippen molar-refractivity contribution in [1.29, 1.82) is 0 Å². The molecule has 1 aliphatic rings. The molecule has 1 aromatic carbocycles. The molecule has 3 rings (SSSR count). The van der Waals surface area contributed by atoms with Gasteiger partial charge in [-0.1, -0.05) is 0 Å². The van der Waals surface area contributed by atoms with E-state index in [9.17, 15) is 14.4 Å². The van der Waals surface area contributed by atoms with Crippen molar-refractivity contribution < 1.29 is 14.4 Å². The summed E-state index contributed by atoms with van der Waals surface area (Å²) in [6.45, 7) is 6.79. The molecule has 0 atom stereocenters. The summed E-state index contributed by atoms with van der Waals surface area (Å²) >= 11 is 0. The van der Waals surface area contributed by atoms with Gasteiger partial charge in [0, 0.05) is 29.9 Å². The molecule has 1 fully saturated rings. The maximum Gasteiger partial charge on any atom is 0.272 e. The Balaban J connectivity index is 1.97.